The SMILES string of the molecule is CCN(CC)c1cc[c]c(OCCN2CCCC2)c1. The Kier molecular flexibility index (Phi) is 5.52. The van der Waals surface area contributed by atoms with E-state index < -0.39 is 0 Å². The minimum Gasteiger partial charge on any atom is -0.492 e. The number of benzene rings is 1. The number of anilines is 1. The first kappa shape index (κ1) is 14.2. The summed E-state index contributed by atoms with van der Waals surface area (Å²) in [5.74, 6) is 0.864. The van der Waals surface area contributed by atoms with E-state index in [1.54, 1.807) is 0 Å². The summed E-state index contributed by atoms with van der Waals surface area (Å²) in [7, 11) is 0. The van der Waals surface area contributed by atoms with Crippen molar-refractivity contribution in [3.8, 4) is 5.75 Å². The van der Waals surface area contributed by atoms with Gasteiger partial charge in [-0.25, -0.2) is 0 Å². The number of rotatable bonds is 7. The minimum absolute atomic E-state index is 0.762. The Morgan fingerprint density at radius 1 is 1.26 bits per heavy atom. The summed E-state index contributed by atoms with van der Waals surface area (Å²) in [4.78, 5) is 4.79. The van der Waals surface area contributed by atoms with Crippen LogP contribution in [0.15, 0.2) is 18.2 Å². The van der Waals surface area contributed by atoms with Crippen molar-refractivity contribution in [3.63, 3.8) is 0 Å². The van der Waals surface area contributed by atoms with Gasteiger partial charge in [0.15, 0.2) is 0 Å². The van der Waals surface area contributed by atoms with E-state index in [-0.39, 0.29) is 0 Å². The molecule has 1 aliphatic rings. The zero-order valence-electron chi connectivity index (χ0n) is 12.2. The Balaban J connectivity index is 1.84. The Morgan fingerprint density at radius 2 is 2.00 bits per heavy atom. The molecule has 3 nitrogen and oxygen atoms in total. The third kappa shape index (κ3) is 4.13. The molecule has 1 heterocycles. The number of ether oxygens (including phenoxy) is 1. The van der Waals surface area contributed by atoms with Crippen LogP contribution < -0.4 is 9.64 Å². The fourth-order valence-corrected chi connectivity index (χ4v) is 2.59. The van der Waals surface area contributed by atoms with Gasteiger partial charge in [0.05, 0.1) is 0 Å². The van der Waals surface area contributed by atoms with Crippen LogP contribution in [-0.4, -0.2) is 44.2 Å². The van der Waals surface area contributed by atoms with Gasteiger partial charge < -0.3 is 9.64 Å². The van der Waals surface area contributed by atoms with Crippen molar-refractivity contribution in [1.82, 2.24) is 4.90 Å². The standard InChI is InChI=1S/C16H25N2O/c1-3-18(4-2)15-8-7-9-16(14-15)19-13-12-17-10-5-6-11-17/h7-8,14H,3-6,10-13H2,1-2H3. The second kappa shape index (κ2) is 7.39. The molecule has 2 rings (SSSR count). The summed E-state index contributed by atoms with van der Waals surface area (Å²) in [6.45, 7) is 10.6. The molecule has 0 aromatic heterocycles. The third-order valence-electron chi connectivity index (χ3n) is 3.75. The molecule has 1 aromatic rings. The maximum absolute atomic E-state index is 5.82. The van der Waals surface area contributed by atoms with Crippen molar-refractivity contribution in [1.29, 1.82) is 0 Å². The van der Waals surface area contributed by atoms with E-state index in [4.69, 9.17) is 4.74 Å². The summed E-state index contributed by atoms with van der Waals surface area (Å²) < 4.78 is 5.82. The van der Waals surface area contributed by atoms with Gasteiger partial charge in [-0.1, -0.05) is 0 Å². The Hall–Kier alpha value is -1.22. The molecule has 1 aliphatic heterocycles. The average Bonchev–Trinajstić information content (AvgIpc) is 2.94. The van der Waals surface area contributed by atoms with E-state index in [0.29, 0.717) is 0 Å². The molecule has 1 radical (unpaired) electrons. The lowest BCUT2D eigenvalue weighted by Gasteiger charge is -2.21. The van der Waals surface area contributed by atoms with Crippen molar-refractivity contribution < 1.29 is 4.74 Å². The molecule has 3 heteroatoms. The maximum Gasteiger partial charge on any atom is 0.129 e. The van der Waals surface area contributed by atoms with Gasteiger partial charge in [-0.2, -0.15) is 0 Å². The van der Waals surface area contributed by atoms with Crippen LogP contribution in [0.1, 0.15) is 26.7 Å². The van der Waals surface area contributed by atoms with E-state index in [0.717, 1.165) is 32.0 Å². The fraction of sp³-hybridized carbons (Fsp3) is 0.625. The first-order valence-electron chi connectivity index (χ1n) is 7.45. The van der Waals surface area contributed by atoms with Crippen molar-refractivity contribution in [3.05, 3.63) is 24.3 Å². The van der Waals surface area contributed by atoms with Crippen molar-refractivity contribution in [2.75, 3.05) is 44.2 Å². The van der Waals surface area contributed by atoms with E-state index in [2.05, 4.69) is 41.8 Å². The van der Waals surface area contributed by atoms with Gasteiger partial charge >= 0.3 is 0 Å². The summed E-state index contributed by atoms with van der Waals surface area (Å²) >= 11 is 0. The molecule has 105 valence electrons. The van der Waals surface area contributed by atoms with Crippen LogP contribution >= 0.6 is 0 Å². The summed E-state index contributed by atoms with van der Waals surface area (Å²) in [6.07, 6.45) is 2.67. The molecule has 1 aromatic carbocycles. The highest BCUT2D eigenvalue weighted by molar-refractivity contribution is 5.50. The molecule has 0 N–H and O–H groups in total. The van der Waals surface area contributed by atoms with Gasteiger partial charge in [0, 0.05) is 37.5 Å². The van der Waals surface area contributed by atoms with Crippen LogP contribution in [0.5, 0.6) is 5.75 Å². The first-order valence-corrected chi connectivity index (χ1v) is 7.45. The normalized spacial score (nSPS) is 15.7. The molecule has 0 amide bonds. The lowest BCUT2D eigenvalue weighted by molar-refractivity contribution is 0.237. The largest absolute Gasteiger partial charge is 0.492 e. The Bertz CT molecular complexity index is 371. The molecule has 0 atom stereocenters. The van der Waals surface area contributed by atoms with Crippen molar-refractivity contribution >= 4 is 5.69 Å². The van der Waals surface area contributed by atoms with Crippen LogP contribution in [0.25, 0.3) is 0 Å². The van der Waals surface area contributed by atoms with Crippen LogP contribution in [0.3, 0.4) is 0 Å². The molecule has 1 saturated heterocycles. The molecule has 19 heavy (non-hydrogen) atoms. The monoisotopic (exact) mass is 261 g/mol. The van der Waals surface area contributed by atoms with Crippen LogP contribution in [0.4, 0.5) is 5.69 Å². The highest BCUT2D eigenvalue weighted by atomic mass is 16.5. The van der Waals surface area contributed by atoms with E-state index >= 15 is 0 Å². The number of hydrogen-bond donors (Lipinski definition) is 0. The number of nitrogens with zero attached hydrogens (tertiary/aromatic N) is 2. The Morgan fingerprint density at radius 3 is 2.68 bits per heavy atom. The lowest BCUT2D eigenvalue weighted by atomic mass is 10.2. The predicted octanol–water partition coefficient (Wildman–Crippen LogP) is 2.81. The summed E-state index contributed by atoms with van der Waals surface area (Å²) in [6, 6.07) is 9.32. The zero-order valence-corrected chi connectivity index (χ0v) is 12.2. The van der Waals surface area contributed by atoms with E-state index in [9.17, 15) is 0 Å². The summed E-state index contributed by atoms with van der Waals surface area (Å²) in [5.41, 5.74) is 1.22. The minimum atomic E-state index is 0.762. The fourth-order valence-electron chi connectivity index (χ4n) is 2.59. The quantitative estimate of drug-likeness (QED) is 0.750. The Labute approximate surface area is 117 Å². The van der Waals surface area contributed by atoms with Crippen LogP contribution in [0.2, 0.25) is 0 Å². The number of likely N-dealkylation sites (tertiary alicyclic amines) is 1. The molecular weight excluding hydrogens is 236 g/mol. The molecule has 0 saturated carbocycles. The highest BCUT2D eigenvalue weighted by Gasteiger charge is 2.11. The van der Waals surface area contributed by atoms with Gasteiger partial charge in [-0.15, -0.1) is 0 Å². The topological polar surface area (TPSA) is 15.7 Å². The van der Waals surface area contributed by atoms with Gasteiger partial charge in [0.1, 0.15) is 12.4 Å². The van der Waals surface area contributed by atoms with Gasteiger partial charge in [0.2, 0.25) is 0 Å². The predicted molar refractivity (Wildman–Crippen MR) is 80.0 cm³/mol. The van der Waals surface area contributed by atoms with E-state index in [1.165, 1.54) is 31.6 Å². The third-order valence-corrected chi connectivity index (χ3v) is 3.75. The highest BCUT2D eigenvalue weighted by Crippen LogP contribution is 2.20. The average molecular weight is 261 g/mol. The van der Waals surface area contributed by atoms with Crippen molar-refractivity contribution in [2.45, 2.75) is 26.7 Å². The second-order valence-corrected chi connectivity index (χ2v) is 4.98. The first-order chi connectivity index (χ1) is 9.33. The molecule has 0 unspecified atom stereocenters. The zero-order chi connectivity index (χ0) is 13.5. The number of hydrogen-bond acceptors (Lipinski definition) is 3. The molecule has 1 fully saturated rings. The van der Waals surface area contributed by atoms with Gasteiger partial charge in [-0.05, 0) is 51.9 Å². The van der Waals surface area contributed by atoms with E-state index in [1.807, 2.05) is 6.07 Å². The summed E-state index contributed by atoms with van der Waals surface area (Å²) in [5, 5.41) is 0. The molecular formula is C16H25N2O. The molecule has 0 bridgehead atoms. The lowest BCUT2D eigenvalue weighted by Crippen LogP contribution is -2.25. The molecule has 0 aliphatic carbocycles. The van der Waals surface area contributed by atoms with Crippen LogP contribution in [-0.2, 0) is 0 Å². The van der Waals surface area contributed by atoms with Crippen LogP contribution in [0, 0.1) is 6.07 Å². The molecule has 0 spiro atoms. The van der Waals surface area contributed by atoms with Gasteiger partial charge in [-0.3, -0.25) is 4.90 Å². The maximum atomic E-state index is 5.82. The second-order valence-electron chi connectivity index (χ2n) is 4.98. The smallest absolute Gasteiger partial charge is 0.129 e. The van der Waals surface area contributed by atoms with Gasteiger partial charge in [0.25, 0.3) is 0 Å². The van der Waals surface area contributed by atoms with Crippen molar-refractivity contribution in [2.24, 2.45) is 0 Å².